The lowest BCUT2D eigenvalue weighted by atomic mass is 10.1. The number of para-hydroxylation sites is 1. The van der Waals surface area contributed by atoms with Crippen LogP contribution in [0.5, 0.6) is 0 Å². The Kier molecular flexibility index (Phi) is 9.82. The molecule has 0 spiro atoms. The molecule has 170 valence electrons. The number of methoxy groups -OCH3 is 1. The zero-order valence-corrected chi connectivity index (χ0v) is 18.0. The molecule has 1 aliphatic heterocycles. The molecule has 0 radical (unpaired) electrons. The Labute approximate surface area is 183 Å². The highest BCUT2D eigenvalue weighted by Gasteiger charge is 2.18. The summed E-state index contributed by atoms with van der Waals surface area (Å²) in [5, 5.41) is 5.39. The predicted molar refractivity (Wildman–Crippen MR) is 121 cm³/mol. The Hall–Kier alpha value is -3.08. The number of allylic oxidation sites excluding steroid dienone is 2. The maximum atomic E-state index is 12.6. The third kappa shape index (κ3) is 8.28. The van der Waals surface area contributed by atoms with Crippen molar-refractivity contribution in [2.45, 2.75) is 6.42 Å². The van der Waals surface area contributed by atoms with Crippen LogP contribution in [-0.4, -0.2) is 74.5 Å². The number of nitrogens with zero attached hydrogens (tertiary/aromatic N) is 2. The average Bonchev–Trinajstić information content (AvgIpc) is 2.77. The van der Waals surface area contributed by atoms with Gasteiger partial charge >= 0.3 is 0 Å². The molecule has 2 rings (SSSR count). The molecule has 1 aliphatic rings. The van der Waals surface area contributed by atoms with Crippen LogP contribution in [0.4, 0.5) is 5.69 Å². The number of ether oxygens (including phenoxy) is 1. The molecule has 10 nitrogen and oxygen atoms in total. The fraction of sp³-hybridized carbons (Fsp3) is 0.429. The van der Waals surface area contributed by atoms with E-state index in [1.54, 1.807) is 24.3 Å². The van der Waals surface area contributed by atoms with Crippen LogP contribution in [0, 0.1) is 0 Å². The first-order valence-electron chi connectivity index (χ1n) is 10.2. The molecule has 1 aromatic carbocycles. The van der Waals surface area contributed by atoms with Crippen LogP contribution in [0.2, 0.25) is 0 Å². The Morgan fingerprint density at radius 2 is 1.71 bits per heavy atom. The van der Waals surface area contributed by atoms with Gasteiger partial charge in [0.25, 0.3) is 5.91 Å². The second-order valence-electron chi connectivity index (χ2n) is 7.17. The van der Waals surface area contributed by atoms with Crippen LogP contribution in [0.3, 0.4) is 0 Å². The van der Waals surface area contributed by atoms with Crippen molar-refractivity contribution >= 4 is 17.5 Å². The van der Waals surface area contributed by atoms with Gasteiger partial charge in [0.2, 0.25) is 5.91 Å². The van der Waals surface area contributed by atoms with Gasteiger partial charge in [-0.2, -0.15) is 0 Å². The van der Waals surface area contributed by atoms with Crippen LogP contribution >= 0.6 is 0 Å². The third-order valence-corrected chi connectivity index (χ3v) is 4.93. The van der Waals surface area contributed by atoms with Gasteiger partial charge in [-0.15, -0.1) is 0 Å². The number of rotatable bonds is 10. The van der Waals surface area contributed by atoms with Crippen LogP contribution in [0.1, 0.15) is 16.8 Å². The number of benzene rings is 1. The van der Waals surface area contributed by atoms with E-state index in [1.807, 2.05) is 0 Å². The highest BCUT2D eigenvalue weighted by molar-refractivity contribution is 6.04. The van der Waals surface area contributed by atoms with Gasteiger partial charge in [-0.3, -0.25) is 14.5 Å². The van der Waals surface area contributed by atoms with Gasteiger partial charge in [0, 0.05) is 58.3 Å². The van der Waals surface area contributed by atoms with E-state index >= 15 is 0 Å². The summed E-state index contributed by atoms with van der Waals surface area (Å²) in [5.74, 6) is -0.334. The van der Waals surface area contributed by atoms with Crippen molar-refractivity contribution in [1.29, 1.82) is 0 Å². The topological polar surface area (TPSA) is 152 Å². The van der Waals surface area contributed by atoms with Crippen LogP contribution < -0.4 is 27.8 Å². The van der Waals surface area contributed by atoms with Crippen molar-refractivity contribution in [2.75, 3.05) is 58.2 Å². The highest BCUT2D eigenvalue weighted by Crippen LogP contribution is 2.16. The summed E-state index contributed by atoms with van der Waals surface area (Å²) in [6.45, 7) is 5.99. The first-order chi connectivity index (χ1) is 14.9. The van der Waals surface area contributed by atoms with Crippen LogP contribution in [0.15, 0.2) is 48.1 Å². The van der Waals surface area contributed by atoms with Gasteiger partial charge in [0.1, 0.15) is 5.82 Å². The number of carbonyl (C=O) groups is 2. The molecule has 31 heavy (non-hydrogen) atoms. The maximum Gasteiger partial charge on any atom is 0.258 e. The molecular formula is C21H33N7O3. The summed E-state index contributed by atoms with van der Waals surface area (Å²) in [6.07, 6.45) is 3.19. The van der Waals surface area contributed by atoms with Crippen molar-refractivity contribution in [3.63, 3.8) is 0 Å². The first-order valence-corrected chi connectivity index (χ1v) is 10.2. The molecule has 0 atom stereocenters. The Bertz CT molecular complexity index is 802. The van der Waals surface area contributed by atoms with Gasteiger partial charge < -0.3 is 37.5 Å². The molecule has 1 aromatic rings. The minimum atomic E-state index is -0.440. The normalized spacial score (nSPS) is 16.1. The van der Waals surface area contributed by atoms with E-state index in [0.29, 0.717) is 30.8 Å². The summed E-state index contributed by atoms with van der Waals surface area (Å²) < 4.78 is 4.80. The highest BCUT2D eigenvalue weighted by atomic mass is 16.5. The average molecular weight is 432 g/mol. The fourth-order valence-electron chi connectivity index (χ4n) is 3.16. The summed E-state index contributed by atoms with van der Waals surface area (Å²) in [7, 11) is 1.43. The Balaban J connectivity index is 1.88. The van der Waals surface area contributed by atoms with E-state index in [-0.39, 0.29) is 17.6 Å². The third-order valence-electron chi connectivity index (χ3n) is 4.93. The minimum absolute atomic E-state index is 0.0971. The van der Waals surface area contributed by atoms with E-state index in [0.717, 1.165) is 32.7 Å². The lowest BCUT2D eigenvalue weighted by molar-refractivity contribution is -0.116. The number of hydrogen-bond donors (Lipinski definition) is 5. The second-order valence-corrected chi connectivity index (χ2v) is 7.17. The van der Waals surface area contributed by atoms with E-state index in [2.05, 4.69) is 20.4 Å². The predicted octanol–water partition coefficient (Wildman–Crippen LogP) is -0.432. The molecule has 2 amide bonds. The Morgan fingerprint density at radius 3 is 2.35 bits per heavy atom. The molecule has 0 aliphatic carbocycles. The number of carbonyl (C=O) groups excluding carboxylic acids is 2. The van der Waals surface area contributed by atoms with E-state index < -0.39 is 5.91 Å². The SMILES string of the molecule is CO/C(N)=C/C=C(\N)NC(=O)c1ccccc1NC(=O)CCN1CCN(CCN)CC1. The minimum Gasteiger partial charge on any atom is -0.483 e. The van der Waals surface area contributed by atoms with Crippen molar-refractivity contribution in [3.8, 4) is 0 Å². The molecule has 1 heterocycles. The number of nitrogens with one attached hydrogen (secondary N) is 2. The van der Waals surface area contributed by atoms with Crippen molar-refractivity contribution in [1.82, 2.24) is 15.1 Å². The number of hydrogen-bond acceptors (Lipinski definition) is 8. The van der Waals surface area contributed by atoms with Gasteiger partial charge in [-0.05, 0) is 18.2 Å². The summed E-state index contributed by atoms with van der Waals surface area (Å²) in [5.41, 5.74) is 17.6. The molecule has 1 saturated heterocycles. The van der Waals surface area contributed by atoms with Crippen molar-refractivity contribution in [3.05, 3.63) is 53.7 Å². The van der Waals surface area contributed by atoms with Crippen LogP contribution in [0.25, 0.3) is 0 Å². The van der Waals surface area contributed by atoms with Gasteiger partial charge in [-0.1, -0.05) is 12.1 Å². The maximum absolute atomic E-state index is 12.6. The molecule has 1 fully saturated rings. The van der Waals surface area contributed by atoms with E-state index in [4.69, 9.17) is 21.9 Å². The smallest absolute Gasteiger partial charge is 0.258 e. The van der Waals surface area contributed by atoms with Gasteiger partial charge in [-0.25, -0.2) is 0 Å². The van der Waals surface area contributed by atoms with Crippen molar-refractivity contribution in [2.24, 2.45) is 17.2 Å². The molecule has 0 aromatic heterocycles. The molecule has 10 heteroatoms. The van der Waals surface area contributed by atoms with Crippen molar-refractivity contribution < 1.29 is 14.3 Å². The zero-order chi connectivity index (χ0) is 22.6. The summed E-state index contributed by atoms with van der Waals surface area (Å²) >= 11 is 0. The quantitative estimate of drug-likeness (QED) is 0.247. The molecule has 0 bridgehead atoms. The molecule has 0 saturated carbocycles. The van der Waals surface area contributed by atoms with E-state index in [9.17, 15) is 9.59 Å². The van der Waals surface area contributed by atoms with Gasteiger partial charge in [0.05, 0.1) is 18.4 Å². The second kappa shape index (κ2) is 12.6. The first kappa shape index (κ1) is 24.2. The van der Waals surface area contributed by atoms with E-state index in [1.165, 1.54) is 19.3 Å². The number of nitrogens with two attached hydrogens (primary N) is 3. The molecular weight excluding hydrogens is 398 g/mol. The monoisotopic (exact) mass is 431 g/mol. The fourth-order valence-corrected chi connectivity index (χ4v) is 3.16. The lowest BCUT2D eigenvalue weighted by Crippen LogP contribution is -2.48. The summed E-state index contributed by atoms with van der Waals surface area (Å²) in [4.78, 5) is 29.6. The number of amides is 2. The number of piperazine rings is 1. The largest absolute Gasteiger partial charge is 0.483 e. The standard InChI is InChI=1S/C21H33N7O3/c1-31-19(24)7-6-18(23)26-21(30)16-4-2-3-5-17(16)25-20(29)8-10-27-12-14-28(11-9-22)15-13-27/h2-7H,8-15,22-24H2,1H3,(H,25,29)(H,26,30)/b18-6+,19-7+. The zero-order valence-electron chi connectivity index (χ0n) is 18.0. The molecule has 0 unspecified atom stereocenters. The summed E-state index contributed by atoms with van der Waals surface area (Å²) in [6, 6.07) is 6.77. The van der Waals surface area contributed by atoms with Gasteiger partial charge in [0.15, 0.2) is 5.88 Å². The van der Waals surface area contributed by atoms with Crippen LogP contribution in [-0.2, 0) is 9.53 Å². The number of anilines is 1. The Morgan fingerprint density at radius 1 is 1.06 bits per heavy atom. The lowest BCUT2D eigenvalue weighted by Gasteiger charge is -2.34. The molecule has 8 N–H and O–H groups in total.